The van der Waals surface area contributed by atoms with Crippen molar-refractivity contribution >= 4 is 29.0 Å². The molecule has 5 heteroatoms. The SMILES string of the molecule is CCC(O)CNc1ccc2c(c1)NC(=O)CS2. The van der Waals surface area contributed by atoms with E-state index in [0.717, 1.165) is 22.7 Å². The monoisotopic (exact) mass is 252 g/mol. The van der Waals surface area contributed by atoms with Gasteiger partial charge in [-0.1, -0.05) is 6.92 Å². The van der Waals surface area contributed by atoms with Gasteiger partial charge in [-0.2, -0.15) is 0 Å². The van der Waals surface area contributed by atoms with Crippen LogP contribution in [0.25, 0.3) is 0 Å². The Morgan fingerprint density at radius 1 is 1.59 bits per heavy atom. The lowest BCUT2D eigenvalue weighted by atomic mass is 10.2. The van der Waals surface area contributed by atoms with Crippen molar-refractivity contribution in [3.05, 3.63) is 18.2 Å². The standard InChI is InChI=1S/C12H16N2O2S/c1-2-9(15)6-13-8-3-4-11-10(5-8)14-12(16)7-17-11/h3-5,9,13,15H,2,6-7H2,1H3,(H,14,16). The molecule has 1 atom stereocenters. The maximum absolute atomic E-state index is 11.3. The first kappa shape index (κ1) is 12.3. The highest BCUT2D eigenvalue weighted by Crippen LogP contribution is 2.33. The Balaban J connectivity index is 2.05. The molecule has 2 rings (SSSR count). The first-order valence-corrected chi connectivity index (χ1v) is 6.66. The van der Waals surface area contributed by atoms with Crippen LogP contribution in [-0.2, 0) is 4.79 Å². The molecule has 0 fully saturated rings. The predicted octanol–water partition coefficient (Wildman–Crippen LogP) is 1.91. The third kappa shape index (κ3) is 3.14. The van der Waals surface area contributed by atoms with E-state index in [2.05, 4.69) is 10.6 Å². The number of anilines is 2. The largest absolute Gasteiger partial charge is 0.391 e. The van der Waals surface area contributed by atoms with Crippen LogP contribution >= 0.6 is 11.8 Å². The zero-order chi connectivity index (χ0) is 12.3. The Morgan fingerprint density at radius 3 is 3.18 bits per heavy atom. The lowest BCUT2D eigenvalue weighted by molar-refractivity contribution is -0.113. The molecular weight excluding hydrogens is 236 g/mol. The lowest BCUT2D eigenvalue weighted by Crippen LogP contribution is -2.20. The molecule has 1 amide bonds. The number of rotatable bonds is 4. The van der Waals surface area contributed by atoms with Gasteiger partial charge in [0.2, 0.25) is 5.91 Å². The van der Waals surface area contributed by atoms with Crippen LogP contribution in [0.4, 0.5) is 11.4 Å². The molecular formula is C12H16N2O2S. The summed E-state index contributed by atoms with van der Waals surface area (Å²) in [5.41, 5.74) is 1.77. The van der Waals surface area contributed by atoms with Gasteiger partial charge in [0.15, 0.2) is 0 Å². The van der Waals surface area contributed by atoms with Gasteiger partial charge in [0.05, 0.1) is 17.5 Å². The van der Waals surface area contributed by atoms with Gasteiger partial charge in [0, 0.05) is 17.1 Å². The Hall–Kier alpha value is -1.20. The summed E-state index contributed by atoms with van der Waals surface area (Å²) in [6.07, 6.45) is 0.389. The smallest absolute Gasteiger partial charge is 0.234 e. The highest BCUT2D eigenvalue weighted by molar-refractivity contribution is 8.00. The molecule has 3 N–H and O–H groups in total. The third-order valence-corrected chi connectivity index (χ3v) is 3.70. The van der Waals surface area contributed by atoms with E-state index in [1.54, 1.807) is 11.8 Å². The van der Waals surface area contributed by atoms with Crippen LogP contribution in [-0.4, -0.2) is 29.4 Å². The molecule has 92 valence electrons. The molecule has 1 heterocycles. The van der Waals surface area contributed by atoms with E-state index >= 15 is 0 Å². The summed E-state index contributed by atoms with van der Waals surface area (Å²) < 4.78 is 0. The summed E-state index contributed by atoms with van der Waals surface area (Å²) in [5.74, 6) is 0.516. The summed E-state index contributed by atoms with van der Waals surface area (Å²) in [5, 5.41) is 15.5. The van der Waals surface area contributed by atoms with Crippen LogP contribution < -0.4 is 10.6 Å². The van der Waals surface area contributed by atoms with E-state index in [0.29, 0.717) is 12.3 Å². The number of carbonyl (C=O) groups excluding carboxylic acids is 1. The maximum atomic E-state index is 11.3. The van der Waals surface area contributed by atoms with Crippen LogP contribution in [0.1, 0.15) is 13.3 Å². The summed E-state index contributed by atoms with van der Waals surface area (Å²) in [6, 6.07) is 5.85. The highest BCUT2D eigenvalue weighted by atomic mass is 32.2. The summed E-state index contributed by atoms with van der Waals surface area (Å²) in [7, 11) is 0. The van der Waals surface area contributed by atoms with E-state index in [-0.39, 0.29) is 12.0 Å². The van der Waals surface area contributed by atoms with Gasteiger partial charge < -0.3 is 15.7 Å². The number of carbonyl (C=O) groups is 1. The second-order valence-corrected chi connectivity index (χ2v) is 5.01. The Bertz CT molecular complexity index is 423. The number of fused-ring (bicyclic) bond motifs is 1. The van der Waals surface area contributed by atoms with Gasteiger partial charge in [0.25, 0.3) is 0 Å². The van der Waals surface area contributed by atoms with E-state index in [1.165, 1.54) is 0 Å². The molecule has 1 aliphatic rings. The van der Waals surface area contributed by atoms with Crippen molar-refractivity contribution in [2.24, 2.45) is 0 Å². The van der Waals surface area contributed by atoms with E-state index in [1.807, 2.05) is 25.1 Å². The maximum Gasteiger partial charge on any atom is 0.234 e. The normalized spacial score (nSPS) is 16.0. The van der Waals surface area contributed by atoms with Crippen molar-refractivity contribution in [2.45, 2.75) is 24.3 Å². The molecule has 4 nitrogen and oxygen atoms in total. The number of thioether (sulfide) groups is 1. The van der Waals surface area contributed by atoms with Crippen molar-refractivity contribution in [3.8, 4) is 0 Å². The quantitative estimate of drug-likeness (QED) is 0.766. The van der Waals surface area contributed by atoms with Crippen molar-refractivity contribution < 1.29 is 9.90 Å². The van der Waals surface area contributed by atoms with Crippen molar-refractivity contribution in [3.63, 3.8) is 0 Å². The molecule has 1 aromatic rings. The van der Waals surface area contributed by atoms with E-state index < -0.39 is 0 Å². The summed E-state index contributed by atoms with van der Waals surface area (Å²) in [6.45, 7) is 2.46. The molecule has 0 aromatic heterocycles. The third-order valence-electron chi connectivity index (χ3n) is 2.63. The average Bonchev–Trinajstić information content (AvgIpc) is 2.35. The summed E-state index contributed by atoms with van der Waals surface area (Å²) in [4.78, 5) is 12.3. The van der Waals surface area contributed by atoms with Gasteiger partial charge in [-0.05, 0) is 24.6 Å². The second kappa shape index (κ2) is 5.42. The fraction of sp³-hybridized carbons (Fsp3) is 0.417. The first-order chi connectivity index (χ1) is 8.19. The fourth-order valence-electron chi connectivity index (χ4n) is 1.57. The van der Waals surface area contributed by atoms with Gasteiger partial charge >= 0.3 is 0 Å². The minimum absolute atomic E-state index is 0.0354. The van der Waals surface area contributed by atoms with Gasteiger partial charge in [-0.25, -0.2) is 0 Å². The number of hydrogen-bond donors (Lipinski definition) is 3. The number of nitrogens with one attached hydrogen (secondary N) is 2. The van der Waals surface area contributed by atoms with Crippen LogP contribution in [0.2, 0.25) is 0 Å². The molecule has 0 saturated heterocycles. The number of aliphatic hydroxyl groups is 1. The number of benzene rings is 1. The van der Waals surface area contributed by atoms with Gasteiger partial charge in [-0.3, -0.25) is 4.79 Å². The van der Waals surface area contributed by atoms with Crippen LogP contribution in [0.15, 0.2) is 23.1 Å². The second-order valence-electron chi connectivity index (χ2n) is 3.99. The molecule has 0 saturated carbocycles. The molecule has 0 spiro atoms. The minimum Gasteiger partial charge on any atom is -0.391 e. The average molecular weight is 252 g/mol. The van der Waals surface area contributed by atoms with E-state index in [9.17, 15) is 9.90 Å². The van der Waals surface area contributed by atoms with Crippen molar-refractivity contribution in [1.29, 1.82) is 0 Å². The predicted molar refractivity (Wildman–Crippen MR) is 70.6 cm³/mol. The van der Waals surface area contributed by atoms with Crippen LogP contribution in [0, 0.1) is 0 Å². The molecule has 17 heavy (non-hydrogen) atoms. The fourth-order valence-corrected chi connectivity index (χ4v) is 2.36. The van der Waals surface area contributed by atoms with Gasteiger partial charge in [0.1, 0.15) is 0 Å². The van der Waals surface area contributed by atoms with Crippen molar-refractivity contribution in [1.82, 2.24) is 0 Å². The zero-order valence-corrected chi connectivity index (χ0v) is 10.5. The Labute approximate surface area is 105 Å². The minimum atomic E-state index is -0.338. The molecule has 0 aliphatic carbocycles. The number of aliphatic hydroxyl groups excluding tert-OH is 1. The number of amides is 1. The lowest BCUT2D eigenvalue weighted by Gasteiger charge is -2.18. The Kier molecular flexibility index (Phi) is 3.91. The Morgan fingerprint density at radius 2 is 2.41 bits per heavy atom. The first-order valence-electron chi connectivity index (χ1n) is 5.67. The van der Waals surface area contributed by atoms with Crippen molar-refractivity contribution in [2.75, 3.05) is 22.9 Å². The molecule has 0 bridgehead atoms. The number of hydrogen-bond acceptors (Lipinski definition) is 4. The molecule has 0 radical (unpaired) electrons. The summed E-state index contributed by atoms with van der Waals surface area (Å²) >= 11 is 1.55. The highest BCUT2D eigenvalue weighted by Gasteiger charge is 2.15. The molecule has 1 aromatic carbocycles. The molecule has 1 unspecified atom stereocenters. The topological polar surface area (TPSA) is 61.4 Å². The van der Waals surface area contributed by atoms with E-state index in [4.69, 9.17) is 0 Å². The molecule has 1 aliphatic heterocycles. The van der Waals surface area contributed by atoms with Crippen LogP contribution in [0.5, 0.6) is 0 Å². The van der Waals surface area contributed by atoms with Gasteiger partial charge in [-0.15, -0.1) is 11.8 Å². The van der Waals surface area contributed by atoms with Crippen LogP contribution in [0.3, 0.4) is 0 Å². The zero-order valence-electron chi connectivity index (χ0n) is 9.69.